The maximum atomic E-state index is 12.5. The number of carbonyl (C=O) groups excluding carboxylic acids is 2. The Morgan fingerprint density at radius 1 is 1.29 bits per heavy atom. The summed E-state index contributed by atoms with van der Waals surface area (Å²) in [6.45, 7) is 0. The first-order chi connectivity index (χ1) is 11.6. The molecule has 0 saturated carbocycles. The second-order valence-electron chi connectivity index (χ2n) is 4.83. The molecule has 0 aliphatic carbocycles. The van der Waals surface area contributed by atoms with Crippen LogP contribution in [-0.2, 0) is 9.59 Å². The Morgan fingerprint density at radius 3 is 2.75 bits per heavy atom. The monoisotopic (exact) mass is 342 g/mol. The molecule has 1 aromatic heterocycles. The van der Waals surface area contributed by atoms with E-state index < -0.39 is 11.2 Å². The van der Waals surface area contributed by atoms with Crippen molar-refractivity contribution in [3.8, 4) is 0 Å². The third-order valence-electron chi connectivity index (χ3n) is 3.17. The summed E-state index contributed by atoms with van der Waals surface area (Å²) in [5.74, 6) is -1.12. The van der Waals surface area contributed by atoms with Crippen molar-refractivity contribution in [2.24, 2.45) is 10.2 Å². The predicted molar refractivity (Wildman–Crippen MR) is 88.7 cm³/mol. The van der Waals surface area contributed by atoms with Crippen LogP contribution in [0.1, 0.15) is 12.2 Å². The Balaban J connectivity index is 1.88. The number of carbonyl (C=O) groups is 2. The molecule has 7 nitrogen and oxygen atoms in total. The summed E-state index contributed by atoms with van der Waals surface area (Å²) >= 11 is 1.05. The zero-order chi connectivity index (χ0) is 16.9. The molecule has 3 rings (SSSR count). The van der Waals surface area contributed by atoms with Gasteiger partial charge in [0.05, 0.1) is 23.4 Å². The van der Waals surface area contributed by atoms with Crippen LogP contribution in [0.3, 0.4) is 0 Å². The van der Waals surface area contributed by atoms with Gasteiger partial charge < -0.3 is 14.3 Å². The minimum atomic E-state index is -1.28. The Kier molecular flexibility index (Phi) is 4.76. The fourth-order valence-corrected chi connectivity index (χ4v) is 3.21. The molecule has 1 aromatic carbocycles. The molecule has 24 heavy (non-hydrogen) atoms. The second kappa shape index (κ2) is 7.14. The molecule has 1 aliphatic rings. The van der Waals surface area contributed by atoms with E-state index in [1.165, 1.54) is 17.4 Å². The molecule has 1 amide bonds. The highest BCUT2D eigenvalue weighted by atomic mass is 32.2. The van der Waals surface area contributed by atoms with E-state index in [0.29, 0.717) is 16.6 Å². The fraction of sp³-hybridized carbons (Fsp3) is 0.125. The summed E-state index contributed by atoms with van der Waals surface area (Å²) < 4.78 is 5.11. The summed E-state index contributed by atoms with van der Waals surface area (Å²) in [5, 5.41) is 18.3. The number of para-hydroxylation sites is 1. The Morgan fingerprint density at radius 2 is 2.08 bits per heavy atom. The molecular formula is C16H12N3O4S-. The SMILES string of the molecule is O=C([O-])C[C@H]1S/C(=N/N=C\c2ccco2)N(c2ccccc2)C1=O. The van der Waals surface area contributed by atoms with Crippen molar-refractivity contribution >= 4 is 40.7 Å². The molecule has 1 aliphatic heterocycles. The van der Waals surface area contributed by atoms with E-state index in [1.54, 1.807) is 36.4 Å². The quantitative estimate of drug-likeness (QED) is 0.602. The number of hydrogen-bond acceptors (Lipinski definition) is 7. The molecular weight excluding hydrogens is 330 g/mol. The van der Waals surface area contributed by atoms with Crippen LogP contribution >= 0.6 is 11.8 Å². The third kappa shape index (κ3) is 3.54. The van der Waals surface area contributed by atoms with Crippen molar-refractivity contribution in [3.63, 3.8) is 0 Å². The van der Waals surface area contributed by atoms with Crippen molar-refractivity contribution in [1.82, 2.24) is 0 Å². The maximum absolute atomic E-state index is 12.5. The van der Waals surface area contributed by atoms with Crippen molar-refractivity contribution in [2.45, 2.75) is 11.7 Å². The van der Waals surface area contributed by atoms with E-state index in [1.807, 2.05) is 6.07 Å². The summed E-state index contributed by atoms with van der Waals surface area (Å²) in [7, 11) is 0. The lowest BCUT2D eigenvalue weighted by Gasteiger charge is -2.15. The van der Waals surface area contributed by atoms with Crippen molar-refractivity contribution in [1.29, 1.82) is 0 Å². The summed E-state index contributed by atoms with van der Waals surface area (Å²) in [5.41, 5.74) is 0.600. The normalized spacial score (nSPS) is 19.5. The lowest BCUT2D eigenvalue weighted by Crippen LogP contribution is -2.35. The molecule has 1 fully saturated rings. The van der Waals surface area contributed by atoms with Crippen molar-refractivity contribution in [3.05, 3.63) is 54.5 Å². The van der Waals surface area contributed by atoms with E-state index in [2.05, 4.69) is 10.2 Å². The average molecular weight is 342 g/mol. The minimum Gasteiger partial charge on any atom is -0.550 e. The van der Waals surface area contributed by atoms with Gasteiger partial charge in [0.15, 0.2) is 5.17 Å². The Labute approximate surface area is 141 Å². The van der Waals surface area contributed by atoms with E-state index in [9.17, 15) is 14.7 Å². The number of thioether (sulfide) groups is 1. The van der Waals surface area contributed by atoms with Gasteiger partial charge in [0.2, 0.25) is 5.91 Å². The number of furan rings is 1. The van der Waals surface area contributed by atoms with Gasteiger partial charge in [-0.3, -0.25) is 9.69 Å². The van der Waals surface area contributed by atoms with Crippen LogP contribution < -0.4 is 10.0 Å². The van der Waals surface area contributed by atoms with Crippen LogP contribution in [0.4, 0.5) is 5.69 Å². The number of rotatable bonds is 5. The predicted octanol–water partition coefficient (Wildman–Crippen LogP) is 1.26. The lowest BCUT2D eigenvalue weighted by molar-refractivity contribution is -0.305. The van der Waals surface area contributed by atoms with Gasteiger partial charge in [-0.05, 0) is 24.3 Å². The number of carboxylic acids is 1. The number of amidine groups is 1. The molecule has 122 valence electrons. The highest BCUT2D eigenvalue weighted by Gasteiger charge is 2.39. The summed E-state index contributed by atoms with van der Waals surface area (Å²) in [6.07, 6.45) is 2.54. The standard InChI is InChI=1S/C16H13N3O4S/c20-14(21)9-13-15(22)19(11-5-2-1-3-6-11)16(24-13)18-17-10-12-7-4-8-23-12/h1-8,10,13H,9H2,(H,20,21)/p-1/b17-10-,18-16+/t13-/m1/s1. The number of hydrogen-bond donors (Lipinski definition) is 0. The lowest BCUT2D eigenvalue weighted by atomic mass is 10.2. The number of anilines is 1. The van der Waals surface area contributed by atoms with Crippen LogP contribution in [0.2, 0.25) is 0 Å². The molecule has 0 bridgehead atoms. The Bertz CT molecular complexity index is 787. The van der Waals surface area contributed by atoms with Gasteiger partial charge in [0, 0.05) is 12.4 Å². The van der Waals surface area contributed by atoms with Crippen LogP contribution in [0.15, 0.2) is 63.3 Å². The zero-order valence-electron chi connectivity index (χ0n) is 12.4. The first kappa shape index (κ1) is 16.0. The van der Waals surface area contributed by atoms with Gasteiger partial charge in [0.1, 0.15) is 5.76 Å². The summed E-state index contributed by atoms with van der Waals surface area (Å²) in [4.78, 5) is 24.7. The van der Waals surface area contributed by atoms with E-state index >= 15 is 0 Å². The van der Waals surface area contributed by atoms with Gasteiger partial charge in [0.25, 0.3) is 0 Å². The van der Waals surface area contributed by atoms with Gasteiger partial charge in [-0.2, -0.15) is 5.10 Å². The number of aliphatic carboxylic acids is 1. The number of carboxylic acid groups (broad SMARTS) is 1. The maximum Gasteiger partial charge on any atom is 0.247 e. The molecule has 1 atom stereocenters. The molecule has 1 saturated heterocycles. The van der Waals surface area contributed by atoms with Crippen LogP contribution in [0.5, 0.6) is 0 Å². The van der Waals surface area contributed by atoms with E-state index in [4.69, 9.17) is 4.42 Å². The fourth-order valence-electron chi connectivity index (χ4n) is 2.13. The molecule has 8 heteroatoms. The molecule has 0 spiro atoms. The van der Waals surface area contributed by atoms with Gasteiger partial charge in [-0.15, -0.1) is 5.10 Å². The first-order valence-corrected chi connectivity index (χ1v) is 7.93. The molecule has 0 N–H and O–H groups in total. The zero-order valence-corrected chi connectivity index (χ0v) is 13.2. The number of amides is 1. The molecule has 2 aromatic rings. The number of benzene rings is 1. The molecule has 0 radical (unpaired) electrons. The van der Waals surface area contributed by atoms with E-state index in [0.717, 1.165) is 11.8 Å². The van der Waals surface area contributed by atoms with Gasteiger partial charge in [-0.25, -0.2) is 0 Å². The van der Waals surface area contributed by atoms with Crippen LogP contribution in [0, 0.1) is 0 Å². The molecule has 2 heterocycles. The van der Waals surface area contributed by atoms with Gasteiger partial charge in [-0.1, -0.05) is 30.0 Å². The topological polar surface area (TPSA) is 98.3 Å². The van der Waals surface area contributed by atoms with E-state index in [-0.39, 0.29) is 12.3 Å². The average Bonchev–Trinajstić information content (AvgIpc) is 3.17. The van der Waals surface area contributed by atoms with Gasteiger partial charge >= 0.3 is 0 Å². The third-order valence-corrected chi connectivity index (χ3v) is 4.30. The highest BCUT2D eigenvalue weighted by Crippen LogP contribution is 2.33. The number of nitrogens with zero attached hydrogens (tertiary/aromatic N) is 3. The highest BCUT2D eigenvalue weighted by molar-refractivity contribution is 8.16. The second-order valence-corrected chi connectivity index (χ2v) is 6.00. The summed E-state index contributed by atoms with van der Waals surface area (Å²) in [6, 6.07) is 12.3. The Hall–Kier alpha value is -2.87. The van der Waals surface area contributed by atoms with Crippen LogP contribution in [-0.4, -0.2) is 28.5 Å². The van der Waals surface area contributed by atoms with Crippen molar-refractivity contribution in [2.75, 3.05) is 4.90 Å². The smallest absolute Gasteiger partial charge is 0.247 e. The van der Waals surface area contributed by atoms with Crippen LogP contribution in [0.25, 0.3) is 0 Å². The minimum absolute atomic E-state index is 0.306. The molecule has 0 unspecified atom stereocenters. The largest absolute Gasteiger partial charge is 0.550 e. The first-order valence-electron chi connectivity index (χ1n) is 7.05. The van der Waals surface area contributed by atoms with Crippen molar-refractivity contribution < 1.29 is 19.1 Å².